The molecule has 2 rings (SSSR count). The molecule has 0 aromatic heterocycles. The van der Waals surface area contributed by atoms with Gasteiger partial charge in [0.1, 0.15) is 5.82 Å². The fourth-order valence-electron chi connectivity index (χ4n) is 2.69. The van der Waals surface area contributed by atoms with E-state index in [2.05, 4.69) is 15.5 Å². The van der Waals surface area contributed by atoms with Gasteiger partial charge in [-0.1, -0.05) is 17.7 Å². The summed E-state index contributed by atoms with van der Waals surface area (Å²) in [6.07, 6.45) is 0. The lowest BCUT2D eigenvalue weighted by molar-refractivity contribution is -0.121. The summed E-state index contributed by atoms with van der Waals surface area (Å²) in [6.45, 7) is 4.01. The molecule has 7 nitrogen and oxygen atoms in total. The number of halogens is 2. The van der Waals surface area contributed by atoms with Gasteiger partial charge in [-0.2, -0.15) is 0 Å². The monoisotopic (exact) mass is 386 g/mol. The van der Waals surface area contributed by atoms with Crippen molar-refractivity contribution in [2.45, 2.75) is 6.54 Å². The molecule has 1 aromatic rings. The Kier molecular flexibility index (Phi) is 8.24. The molecular weight excluding hydrogens is 363 g/mol. The van der Waals surface area contributed by atoms with Gasteiger partial charge in [0.25, 0.3) is 0 Å². The fraction of sp³-hybridized carbons (Fsp3) is 0.529. The van der Waals surface area contributed by atoms with Crippen LogP contribution in [0.5, 0.6) is 0 Å². The molecule has 0 spiro atoms. The molecule has 1 heterocycles. The van der Waals surface area contributed by atoms with Crippen molar-refractivity contribution in [3.8, 4) is 0 Å². The van der Waals surface area contributed by atoms with Crippen molar-refractivity contribution in [2.75, 3.05) is 53.0 Å². The van der Waals surface area contributed by atoms with Gasteiger partial charge in [0, 0.05) is 57.0 Å². The van der Waals surface area contributed by atoms with Crippen LogP contribution in [0.25, 0.3) is 0 Å². The lowest BCUT2D eigenvalue weighted by Gasteiger charge is -2.34. The van der Waals surface area contributed by atoms with E-state index in [1.807, 2.05) is 4.90 Å². The molecule has 0 radical (unpaired) electrons. The zero-order valence-electron chi connectivity index (χ0n) is 14.8. The molecule has 144 valence electrons. The summed E-state index contributed by atoms with van der Waals surface area (Å²) in [6, 6.07) is 4.14. The molecule has 0 atom stereocenters. The number of benzene rings is 1. The van der Waals surface area contributed by atoms with E-state index in [9.17, 15) is 14.0 Å². The Hall–Kier alpha value is -1.74. The number of hydrogen-bond acceptors (Lipinski definition) is 5. The van der Waals surface area contributed by atoms with Gasteiger partial charge in [-0.3, -0.25) is 19.9 Å². The van der Waals surface area contributed by atoms with Crippen molar-refractivity contribution < 1.29 is 18.7 Å². The Balaban J connectivity index is 1.71. The van der Waals surface area contributed by atoms with Gasteiger partial charge < -0.3 is 10.1 Å². The molecule has 3 amide bonds. The second-order valence-electron chi connectivity index (χ2n) is 6.05. The van der Waals surface area contributed by atoms with Crippen LogP contribution in [-0.4, -0.2) is 74.7 Å². The Morgan fingerprint density at radius 2 is 1.92 bits per heavy atom. The van der Waals surface area contributed by atoms with Crippen LogP contribution < -0.4 is 10.6 Å². The maximum Gasteiger partial charge on any atom is 0.321 e. The average Bonchev–Trinajstić information content (AvgIpc) is 2.60. The first-order chi connectivity index (χ1) is 12.5. The summed E-state index contributed by atoms with van der Waals surface area (Å²) in [7, 11) is 1.53. The first-order valence-corrected chi connectivity index (χ1v) is 8.81. The van der Waals surface area contributed by atoms with Gasteiger partial charge in [0.05, 0.1) is 13.2 Å². The summed E-state index contributed by atoms with van der Waals surface area (Å²) >= 11 is 6.06. The zero-order chi connectivity index (χ0) is 18.9. The maximum absolute atomic E-state index is 13.9. The van der Waals surface area contributed by atoms with Crippen LogP contribution in [0.3, 0.4) is 0 Å². The molecule has 0 bridgehead atoms. The highest BCUT2D eigenvalue weighted by molar-refractivity contribution is 6.31. The summed E-state index contributed by atoms with van der Waals surface area (Å²) in [5, 5.41) is 5.23. The predicted octanol–water partition coefficient (Wildman–Crippen LogP) is 1.07. The van der Waals surface area contributed by atoms with Crippen molar-refractivity contribution in [1.82, 2.24) is 20.4 Å². The number of hydrogen-bond donors (Lipinski definition) is 2. The number of carbonyl (C=O) groups excluding carboxylic acids is 2. The Labute approximate surface area is 157 Å². The quantitative estimate of drug-likeness (QED) is 0.686. The fourth-order valence-corrected chi connectivity index (χ4v) is 2.92. The van der Waals surface area contributed by atoms with E-state index < -0.39 is 6.03 Å². The molecule has 9 heteroatoms. The smallest absolute Gasteiger partial charge is 0.321 e. The Morgan fingerprint density at radius 1 is 1.23 bits per heavy atom. The molecule has 1 aliphatic heterocycles. The topological polar surface area (TPSA) is 73.9 Å². The number of methoxy groups -OCH3 is 1. The van der Waals surface area contributed by atoms with E-state index in [1.54, 1.807) is 12.1 Å². The van der Waals surface area contributed by atoms with E-state index in [-0.39, 0.29) is 18.3 Å². The lowest BCUT2D eigenvalue weighted by Crippen LogP contribution is -2.51. The van der Waals surface area contributed by atoms with Crippen molar-refractivity contribution >= 4 is 23.5 Å². The third kappa shape index (κ3) is 6.53. The van der Waals surface area contributed by atoms with E-state index in [4.69, 9.17) is 16.3 Å². The predicted molar refractivity (Wildman–Crippen MR) is 96.5 cm³/mol. The molecule has 26 heavy (non-hydrogen) atoms. The number of nitrogens with zero attached hydrogens (tertiary/aromatic N) is 2. The maximum atomic E-state index is 13.9. The van der Waals surface area contributed by atoms with Gasteiger partial charge in [-0.15, -0.1) is 0 Å². The SMILES string of the molecule is COCCNC(=O)NC(=O)CN1CCN(Cc2c(F)cccc2Cl)CC1. The number of rotatable bonds is 7. The summed E-state index contributed by atoms with van der Waals surface area (Å²) in [5.74, 6) is -0.663. The number of piperazine rings is 1. The molecule has 0 saturated carbocycles. The van der Waals surface area contributed by atoms with Gasteiger partial charge in [0.15, 0.2) is 0 Å². The van der Waals surface area contributed by atoms with Crippen LogP contribution in [0.4, 0.5) is 9.18 Å². The molecule has 1 fully saturated rings. The lowest BCUT2D eigenvalue weighted by atomic mass is 10.2. The van der Waals surface area contributed by atoms with E-state index >= 15 is 0 Å². The number of amides is 3. The zero-order valence-corrected chi connectivity index (χ0v) is 15.5. The van der Waals surface area contributed by atoms with Gasteiger partial charge in [-0.05, 0) is 12.1 Å². The van der Waals surface area contributed by atoms with Gasteiger partial charge >= 0.3 is 6.03 Å². The first kappa shape index (κ1) is 20.6. The van der Waals surface area contributed by atoms with Crippen LogP contribution in [0.15, 0.2) is 18.2 Å². The summed E-state index contributed by atoms with van der Waals surface area (Å²) < 4.78 is 18.7. The van der Waals surface area contributed by atoms with Gasteiger partial charge in [-0.25, -0.2) is 9.18 Å². The van der Waals surface area contributed by atoms with E-state index in [1.165, 1.54) is 13.2 Å². The van der Waals surface area contributed by atoms with Crippen molar-refractivity contribution in [3.63, 3.8) is 0 Å². The third-order valence-corrected chi connectivity index (χ3v) is 4.47. The minimum absolute atomic E-state index is 0.145. The van der Waals surface area contributed by atoms with E-state index in [0.29, 0.717) is 56.5 Å². The number of imide groups is 1. The van der Waals surface area contributed by atoms with Crippen molar-refractivity contribution in [1.29, 1.82) is 0 Å². The molecule has 0 unspecified atom stereocenters. The number of carbonyl (C=O) groups is 2. The number of nitrogens with one attached hydrogen (secondary N) is 2. The van der Waals surface area contributed by atoms with Crippen LogP contribution in [-0.2, 0) is 16.1 Å². The van der Waals surface area contributed by atoms with Crippen LogP contribution in [0, 0.1) is 5.82 Å². The van der Waals surface area contributed by atoms with Crippen LogP contribution >= 0.6 is 11.6 Å². The van der Waals surface area contributed by atoms with Crippen LogP contribution in [0.1, 0.15) is 5.56 Å². The minimum Gasteiger partial charge on any atom is -0.383 e. The molecule has 1 saturated heterocycles. The highest BCUT2D eigenvalue weighted by atomic mass is 35.5. The normalized spacial score (nSPS) is 15.7. The third-order valence-electron chi connectivity index (χ3n) is 4.12. The van der Waals surface area contributed by atoms with Crippen LogP contribution in [0.2, 0.25) is 5.02 Å². The molecule has 2 N–H and O–H groups in total. The molecule has 1 aliphatic rings. The minimum atomic E-state index is -0.528. The largest absolute Gasteiger partial charge is 0.383 e. The molecular formula is C17H24ClFN4O3. The summed E-state index contributed by atoms with van der Waals surface area (Å²) in [5.41, 5.74) is 0.494. The highest BCUT2D eigenvalue weighted by Gasteiger charge is 2.21. The number of ether oxygens (including phenoxy) is 1. The molecule has 0 aliphatic carbocycles. The van der Waals surface area contributed by atoms with E-state index in [0.717, 1.165) is 0 Å². The second kappa shape index (κ2) is 10.4. The molecule has 1 aromatic carbocycles. The first-order valence-electron chi connectivity index (χ1n) is 8.44. The Bertz CT molecular complexity index is 604. The highest BCUT2D eigenvalue weighted by Crippen LogP contribution is 2.21. The number of urea groups is 1. The van der Waals surface area contributed by atoms with Gasteiger partial charge in [0.2, 0.25) is 5.91 Å². The average molecular weight is 387 g/mol. The van der Waals surface area contributed by atoms with Crippen molar-refractivity contribution in [3.05, 3.63) is 34.6 Å². The standard InChI is InChI=1S/C17H24ClFN4O3/c1-26-10-5-20-17(25)21-16(24)12-23-8-6-22(7-9-23)11-13-14(18)3-2-4-15(13)19/h2-4H,5-12H2,1H3,(H2,20,21,24,25). The second-order valence-corrected chi connectivity index (χ2v) is 6.46. The van der Waals surface area contributed by atoms with Crippen molar-refractivity contribution in [2.24, 2.45) is 0 Å². The summed E-state index contributed by atoms with van der Waals surface area (Å²) in [4.78, 5) is 27.5. The Morgan fingerprint density at radius 3 is 2.58 bits per heavy atom.